The van der Waals surface area contributed by atoms with Crippen LogP contribution >= 0.6 is 11.3 Å². The Morgan fingerprint density at radius 3 is 3.10 bits per heavy atom. The van der Waals surface area contributed by atoms with Gasteiger partial charge in [0.25, 0.3) is 0 Å². The van der Waals surface area contributed by atoms with Gasteiger partial charge < -0.3 is 10.2 Å². The second kappa shape index (κ2) is 8.35. The molecule has 1 aliphatic heterocycles. The Balaban J connectivity index is 1.63. The molecule has 1 fully saturated rings. The quantitative estimate of drug-likeness (QED) is 0.645. The maximum absolute atomic E-state index is 11.8. The zero-order valence-corrected chi connectivity index (χ0v) is 13.9. The molecule has 0 bridgehead atoms. The van der Waals surface area contributed by atoms with Crippen LogP contribution in [0, 0.1) is 6.92 Å². The second-order valence-electron chi connectivity index (χ2n) is 5.83. The van der Waals surface area contributed by atoms with E-state index in [0.29, 0.717) is 6.04 Å². The number of amides is 1. The number of carbonyl (C=O) groups is 1. The van der Waals surface area contributed by atoms with Crippen molar-refractivity contribution in [3.8, 4) is 0 Å². The average molecular weight is 306 g/mol. The van der Waals surface area contributed by atoms with E-state index < -0.39 is 0 Å². The number of aryl methyl sites for hydroxylation is 1. The third-order valence-electron chi connectivity index (χ3n) is 4.15. The predicted molar refractivity (Wildman–Crippen MR) is 90.6 cm³/mol. The van der Waals surface area contributed by atoms with Crippen molar-refractivity contribution in [2.24, 2.45) is 0 Å². The van der Waals surface area contributed by atoms with Crippen molar-refractivity contribution in [1.82, 2.24) is 10.2 Å². The molecule has 1 aromatic heterocycles. The van der Waals surface area contributed by atoms with Gasteiger partial charge in [0.15, 0.2) is 0 Å². The molecule has 116 valence electrons. The van der Waals surface area contributed by atoms with Crippen molar-refractivity contribution in [3.05, 3.63) is 28.0 Å². The van der Waals surface area contributed by atoms with E-state index in [9.17, 15) is 4.79 Å². The zero-order chi connectivity index (χ0) is 15.1. The maximum atomic E-state index is 11.8. The third-order valence-corrected chi connectivity index (χ3v) is 5.13. The van der Waals surface area contributed by atoms with Crippen LogP contribution in [0.1, 0.15) is 43.0 Å². The molecule has 2 rings (SSSR count). The molecule has 21 heavy (non-hydrogen) atoms. The molecule has 1 N–H and O–H groups in total. The summed E-state index contributed by atoms with van der Waals surface area (Å²) in [6, 6.07) is 2.78. The van der Waals surface area contributed by atoms with Crippen molar-refractivity contribution < 1.29 is 4.79 Å². The van der Waals surface area contributed by atoms with Gasteiger partial charge in [0, 0.05) is 30.1 Å². The summed E-state index contributed by atoms with van der Waals surface area (Å²) < 4.78 is 0. The average Bonchev–Trinajstić information content (AvgIpc) is 2.88. The predicted octanol–water partition coefficient (Wildman–Crippen LogP) is 3.45. The topological polar surface area (TPSA) is 32.3 Å². The maximum Gasteiger partial charge on any atom is 0.244 e. The summed E-state index contributed by atoms with van der Waals surface area (Å²) in [4.78, 5) is 15.5. The highest BCUT2D eigenvalue weighted by molar-refractivity contribution is 7.11. The molecule has 0 spiro atoms. The lowest BCUT2D eigenvalue weighted by molar-refractivity contribution is -0.116. The van der Waals surface area contributed by atoms with Crippen LogP contribution in [0.25, 0.3) is 6.08 Å². The SMILES string of the molecule is Cc1ccsc1/C=C/C(=O)NCCCN1CCCC[C@@H]1C. The van der Waals surface area contributed by atoms with Gasteiger partial charge in [0.05, 0.1) is 0 Å². The van der Waals surface area contributed by atoms with Crippen molar-refractivity contribution in [2.45, 2.75) is 45.6 Å². The molecule has 3 nitrogen and oxygen atoms in total. The summed E-state index contributed by atoms with van der Waals surface area (Å²) in [5.41, 5.74) is 1.23. The fourth-order valence-electron chi connectivity index (χ4n) is 2.75. The van der Waals surface area contributed by atoms with E-state index in [4.69, 9.17) is 0 Å². The van der Waals surface area contributed by atoms with Gasteiger partial charge >= 0.3 is 0 Å². The molecule has 4 heteroatoms. The second-order valence-corrected chi connectivity index (χ2v) is 6.77. The Kier molecular flexibility index (Phi) is 6.46. The number of hydrogen-bond acceptors (Lipinski definition) is 3. The van der Waals surface area contributed by atoms with Gasteiger partial charge in [-0.05, 0) is 62.7 Å². The first-order valence-electron chi connectivity index (χ1n) is 7.91. The number of likely N-dealkylation sites (tertiary alicyclic amines) is 1. The highest BCUT2D eigenvalue weighted by atomic mass is 32.1. The van der Waals surface area contributed by atoms with E-state index in [1.54, 1.807) is 17.4 Å². The first-order chi connectivity index (χ1) is 10.2. The van der Waals surface area contributed by atoms with Gasteiger partial charge in [0.2, 0.25) is 5.91 Å². The Morgan fingerprint density at radius 2 is 2.38 bits per heavy atom. The van der Waals surface area contributed by atoms with Crippen LogP contribution in [0.4, 0.5) is 0 Å². The first kappa shape index (κ1) is 16.2. The van der Waals surface area contributed by atoms with E-state index in [-0.39, 0.29) is 5.91 Å². The summed E-state index contributed by atoms with van der Waals surface area (Å²) in [6.45, 7) is 7.44. The van der Waals surface area contributed by atoms with E-state index in [1.807, 2.05) is 11.5 Å². The molecule has 1 saturated heterocycles. The molecule has 1 aliphatic rings. The van der Waals surface area contributed by atoms with Gasteiger partial charge in [-0.2, -0.15) is 0 Å². The summed E-state index contributed by atoms with van der Waals surface area (Å²) in [7, 11) is 0. The monoisotopic (exact) mass is 306 g/mol. The van der Waals surface area contributed by atoms with Crippen LogP contribution in [0.5, 0.6) is 0 Å². The van der Waals surface area contributed by atoms with E-state index in [1.165, 1.54) is 31.4 Å². The molecule has 1 aromatic rings. The zero-order valence-electron chi connectivity index (χ0n) is 13.1. The third kappa shape index (κ3) is 5.29. The fourth-order valence-corrected chi connectivity index (χ4v) is 3.57. The van der Waals surface area contributed by atoms with Crippen LogP contribution in [0.15, 0.2) is 17.5 Å². The lowest BCUT2D eigenvalue weighted by Crippen LogP contribution is -2.39. The lowest BCUT2D eigenvalue weighted by Gasteiger charge is -2.33. The number of piperidine rings is 1. The highest BCUT2D eigenvalue weighted by Crippen LogP contribution is 2.17. The highest BCUT2D eigenvalue weighted by Gasteiger charge is 2.16. The molecule has 1 amide bonds. The van der Waals surface area contributed by atoms with E-state index in [2.05, 4.69) is 30.1 Å². The van der Waals surface area contributed by atoms with Gasteiger partial charge in [-0.25, -0.2) is 0 Å². The Labute approximate surface area is 132 Å². The number of nitrogens with zero attached hydrogens (tertiary/aromatic N) is 1. The Morgan fingerprint density at radius 1 is 1.52 bits per heavy atom. The Hall–Kier alpha value is -1.13. The molecule has 1 atom stereocenters. The minimum absolute atomic E-state index is 0.00879. The van der Waals surface area contributed by atoms with Gasteiger partial charge in [-0.1, -0.05) is 6.42 Å². The first-order valence-corrected chi connectivity index (χ1v) is 8.79. The van der Waals surface area contributed by atoms with Crippen LogP contribution in [0.2, 0.25) is 0 Å². The number of hydrogen-bond donors (Lipinski definition) is 1. The van der Waals surface area contributed by atoms with Gasteiger partial charge in [-0.15, -0.1) is 11.3 Å². The van der Waals surface area contributed by atoms with Gasteiger partial charge in [0.1, 0.15) is 0 Å². The molecule has 0 aliphatic carbocycles. The molecular weight excluding hydrogens is 280 g/mol. The molecule has 0 aromatic carbocycles. The van der Waals surface area contributed by atoms with E-state index >= 15 is 0 Å². The molecule has 0 radical (unpaired) electrons. The van der Waals surface area contributed by atoms with Crippen molar-refractivity contribution >= 4 is 23.3 Å². The summed E-state index contributed by atoms with van der Waals surface area (Å²) >= 11 is 1.67. The fraction of sp³-hybridized carbons (Fsp3) is 0.588. The standard InChI is InChI=1S/C17H26N2OS/c1-14-9-13-21-16(14)7-8-17(20)18-10-5-12-19-11-4-3-6-15(19)2/h7-9,13,15H,3-6,10-12H2,1-2H3,(H,18,20)/b8-7+/t15-/m0/s1. The van der Waals surface area contributed by atoms with Crippen LogP contribution < -0.4 is 5.32 Å². The van der Waals surface area contributed by atoms with Crippen molar-refractivity contribution in [3.63, 3.8) is 0 Å². The number of carbonyl (C=O) groups excluding carboxylic acids is 1. The van der Waals surface area contributed by atoms with Crippen LogP contribution in [-0.2, 0) is 4.79 Å². The minimum Gasteiger partial charge on any atom is -0.353 e. The minimum atomic E-state index is 0.00879. The molecular formula is C17H26N2OS. The molecule has 0 unspecified atom stereocenters. The van der Waals surface area contributed by atoms with Crippen molar-refractivity contribution in [2.75, 3.05) is 19.6 Å². The number of rotatable bonds is 6. The van der Waals surface area contributed by atoms with Crippen LogP contribution in [-0.4, -0.2) is 36.5 Å². The Bertz CT molecular complexity index is 481. The lowest BCUT2D eigenvalue weighted by atomic mass is 10.0. The van der Waals surface area contributed by atoms with Crippen molar-refractivity contribution in [1.29, 1.82) is 0 Å². The molecule has 0 saturated carbocycles. The number of thiophene rings is 1. The summed E-state index contributed by atoms with van der Waals surface area (Å²) in [6.07, 6.45) is 8.57. The van der Waals surface area contributed by atoms with Crippen LogP contribution in [0.3, 0.4) is 0 Å². The van der Waals surface area contributed by atoms with Gasteiger partial charge in [-0.3, -0.25) is 4.79 Å². The normalized spacial score (nSPS) is 20.0. The largest absolute Gasteiger partial charge is 0.353 e. The smallest absolute Gasteiger partial charge is 0.244 e. The number of nitrogens with one attached hydrogen (secondary N) is 1. The summed E-state index contributed by atoms with van der Waals surface area (Å²) in [5.74, 6) is 0.00879. The summed E-state index contributed by atoms with van der Waals surface area (Å²) in [5, 5.41) is 5.02. The molecule has 2 heterocycles. The van der Waals surface area contributed by atoms with E-state index in [0.717, 1.165) is 24.4 Å².